The largest absolute Gasteiger partial charge is 0.337 e. The number of nitrogens with one attached hydrogen (secondary N) is 1. The topological polar surface area (TPSA) is 52.2 Å². The van der Waals surface area contributed by atoms with Gasteiger partial charge in [0.05, 0.1) is 0 Å². The third-order valence-electron chi connectivity index (χ3n) is 5.27. The van der Waals surface area contributed by atoms with Crippen molar-refractivity contribution in [2.45, 2.75) is 45.6 Å². The van der Waals surface area contributed by atoms with E-state index in [9.17, 15) is 4.79 Å². The van der Waals surface area contributed by atoms with Gasteiger partial charge in [-0.1, -0.05) is 0 Å². The zero-order valence-corrected chi connectivity index (χ0v) is 13.1. The molecule has 2 saturated heterocycles. The molecule has 1 N–H and O–H groups in total. The number of carbonyl (C=O) groups is 1. The van der Waals surface area contributed by atoms with Crippen molar-refractivity contribution in [1.29, 1.82) is 0 Å². The maximum atomic E-state index is 12.5. The average Bonchev–Trinajstić information content (AvgIpc) is 3.01. The van der Waals surface area contributed by atoms with Crippen molar-refractivity contribution in [2.75, 3.05) is 26.2 Å². The number of amides is 1. The van der Waals surface area contributed by atoms with Gasteiger partial charge in [-0.15, -0.1) is 0 Å². The van der Waals surface area contributed by atoms with Crippen LogP contribution >= 0.6 is 0 Å². The molecule has 5 nitrogen and oxygen atoms in total. The second-order valence-corrected chi connectivity index (χ2v) is 6.93. The van der Waals surface area contributed by atoms with E-state index in [0.29, 0.717) is 17.2 Å². The normalized spacial score (nSPS) is 22.9. The lowest BCUT2D eigenvalue weighted by Gasteiger charge is -2.48. The smallest absolute Gasteiger partial charge is 0.271 e. The summed E-state index contributed by atoms with van der Waals surface area (Å²) in [6.07, 6.45) is 6.48. The van der Waals surface area contributed by atoms with Crippen LogP contribution in [0.1, 0.15) is 50.0 Å². The van der Waals surface area contributed by atoms with Gasteiger partial charge in [-0.3, -0.25) is 9.89 Å². The maximum absolute atomic E-state index is 12.5. The van der Waals surface area contributed by atoms with Crippen LogP contribution in [0.2, 0.25) is 0 Å². The van der Waals surface area contributed by atoms with Gasteiger partial charge < -0.3 is 9.80 Å². The van der Waals surface area contributed by atoms with E-state index < -0.39 is 0 Å². The molecule has 0 saturated carbocycles. The Kier molecular flexibility index (Phi) is 4.02. The highest BCUT2D eigenvalue weighted by molar-refractivity contribution is 5.92. The summed E-state index contributed by atoms with van der Waals surface area (Å²) in [5, 5.41) is 6.69. The van der Waals surface area contributed by atoms with Gasteiger partial charge in [-0.25, -0.2) is 0 Å². The first kappa shape index (κ1) is 14.6. The Morgan fingerprint density at radius 1 is 1.29 bits per heavy atom. The Bertz CT molecular complexity index is 474. The molecule has 2 aliphatic heterocycles. The van der Waals surface area contributed by atoms with Gasteiger partial charge in [0, 0.05) is 25.3 Å². The number of hydrogen-bond donors (Lipinski definition) is 1. The van der Waals surface area contributed by atoms with Crippen LogP contribution in [-0.2, 0) is 0 Å². The highest BCUT2D eigenvalue weighted by Crippen LogP contribution is 2.40. The lowest BCUT2D eigenvalue weighted by molar-refractivity contribution is 0.0146. The molecule has 1 spiro atoms. The van der Waals surface area contributed by atoms with E-state index in [1.165, 1.54) is 32.4 Å². The molecule has 3 rings (SSSR count). The predicted molar refractivity (Wildman–Crippen MR) is 82.1 cm³/mol. The van der Waals surface area contributed by atoms with Crippen molar-refractivity contribution < 1.29 is 4.79 Å². The predicted octanol–water partition coefficient (Wildman–Crippen LogP) is 2.14. The summed E-state index contributed by atoms with van der Waals surface area (Å²) >= 11 is 0. The zero-order chi connectivity index (χ0) is 14.9. The van der Waals surface area contributed by atoms with E-state index in [4.69, 9.17) is 0 Å². The molecule has 0 radical (unpaired) electrons. The maximum Gasteiger partial charge on any atom is 0.271 e. The number of piperidine rings is 2. The molecule has 1 aromatic heterocycles. The molecule has 2 aliphatic rings. The number of rotatable bonds is 2. The Labute approximate surface area is 126 Å². The van der Waals surface area contributed by atoms with Gasteiger partial charge in [0.25, 0.3) is 5.91 Å². The minimum atomic E-state index is 0.109. The summed E-state index contributed by atoms with van der Waals surface area (Å²) in [5.41, 5.74) is 0.964. The van der Waals surface area contributed by atoms with Crippen LogP contribution < -0.4 is 0 Å². The minimum absolute atomic E-state index is 0.109. The molecule has 0 unspecified atom stereocenters. The molecule has 0 atom stereocenters. The summed E-state index contributed by atoms with van der Waals surface area (Å²) in [7, 11) is 0. The number of nitrogens with zero attached hydrogens (tertiary/aromatic N) is 3. The summed E-state index contributed by atoms with van der Waals surface area (Å²) < 4.78 is 0. The third kappa shape index (κ3) is 2.98. The van der Waals surface area contributed by atoms with E-state index in [2.05, 4.69) is 28.9 Å². The molecule has 3 heterocycles. The van der Waals surface area contributed by atoms with Gasteiger partial charge >= 0.3 is 0 Å². The lowest BCUT2D eigenvalue weighted by Crippen LogP contribution is -2.52. The number of carbonyl (C=O) groups excluding carboxylic acids is 1. The number of aromatic nitrogens is 2. The molecule has 5 heteroatoms. The van der Waals surface area contributed by atoms with Crippen LogP contribution in [0.3, 0.4) is 0 Å². The molecule has 0 aromatic carbocycles. The van der Waals surface area contributed by atoms with E-state index in [0.717, 1.165) is 19.5 Å². The van der Waals surface area contributed by atoms with Gasteiger partial charge in [0.15, 0.2) is 0 Å². The first-order chi connectivity index (χ1) is 10.1. The SMILES string of the molecule is CC(C)N1CCC2(CCCN(C(=O)c3ccn[nH]3)C2)CC1. The van der Waals surface area contributed by atoms with Gasteiger partial charge in [0.1, 0.15) is 5.69 Å². The fourth-order valence-corrected chi connectivity index (χ4v) is 3.85. The first-order valence-corrected chi connectivity index (χ1v) is 8.12. The molecule has 1 amide bonds. The van der Waals surface area contributed by atoms with E-state index in [-0.39, 0.29) is 5.91 Å². The summed E-state index contributed by atoms with van der Waals surface area (Å²) in [6.45, 7) is 8.68. The van der Waals surface area contributed by atoms with E-state index >= 15 is 0 Å². The van der Waals surface area contributed by atoms with Crippen LogP contribution in [0.4, 0.5) is 0 Å². The molecule has 21 heavy (non-hydrogen) atoms. The molecular formula is C16H26N4O. The van der Waals surface area contributed by atoms with Crippen LogP contribution in [0.15, 0.2) is 12.3 Å². The third-order valence-corrected chi connectivity index (χ3v) is 5.27. The van der Waals surface area contributed by atoms with Crippen molar-refractivity contribution in [3.8, 4) is 0 Å². The molecule has 0 bridgehead atoms. The minimum Gasteiger partial charge on any atom is -0.337 e. The standard InChI is InChI=1S/C16H26N4O/c1-13(2)19-10-6-16(7-11-19)5-3-9-20(12-16)15(21)14-4-8-17-18-14/h4,8,13H,3,5-7,9-12H2,1-2H3,(H,17,18). The number of hydrogen-bond acceptors (Lipinski definition) is 3. The Morgan fingerprint density at radius 2 is 2.05 bits per heavy atom. The Morgan fingerprint density at radius 3 is 2.67 bits per heavy atom. The summed E-state index contributed by atoms with van der Waals surface area (Å²) in [5.74, 6) is 0.109. The van der Waals surface area contributed by atoms with Crippen LogP contribution in [-0.4, -0.2) is 58.1 Å². The van der Waals surface area contributed by atoms with Gasteiger partial charge in [-0.2, -0.15) is 5.10 Å². The summed E-state index contributed by atoms with van der Waals surface area (Å²) in [4.78, 5) is 17.1. The Balaban J connectivity index is 1.65. The molecule has 0 aliphatic carbocycles. The second kappa shape index (κ2) is 5.79. The lowest BCUT2D eigenvalue weighted by atomic mass is 9.72. The van der Waals surface area contributed by atoms with Crippen molar-refractivity contribution in [2.24, 2.45) is 5.41 Å². The molecule has 2 fully saturated rings. The summed E-state index contributed by atoms with van der Waals surface area (Å²) in [6, 6.07) is 2.40. The van der Waals surface area contributed by atoms with Crippen molar-refractivity contribution in [3.63, 3.8) is 0 Å². The van der Waals surface area contributed by atoms with Crippen molar-refractivity contribution in [3.05, 3.63) is 18.0 Å². The quantitative estimate of drug-likeness (QED) is 0.908. The zero-order valence-electron chi connectivity index (χ0n) is 13.1. The second-order valence-electron chi connectivity index (χ2n) is 6.93. The van der Waals surface area contributed by atoms with Crippen molar-refractivity contribution in [1.82, 2.24) is 20.0 Å². The number of aromatic amines is 1. The van der Waals surface area contributed by atoms with Gasteiger partial charge in [-0.05, 0) is 64.1 Å². The number of H-pyrrole nitrogens is 1. The average molecular weight is 290 g/mol. The van der Waals surface area contributed by atoms with E-state index in [1.807, 2.05) is 4.90 Å². The van der Waals surface area contributed by atoms with Crippen LogP contribution in [0.25, 0.3) is 0 Å². The highest BCUT2D eigenvalue weighted by Gasteiger charge is 2.40. The molecule has 116 valence electrons. The van der Waals surface area contributed by atoms with Gasteiger partial charge in [0.2, 0.25) is 0 Å². The Hall–Kier alpha value is -1.36. The number of likely N-dealkylation sites (tertiary alicyclic amines) is 2. The monoisotopic (exact) mass is 290 g/mol. The fourth-order valence-electron chi connectivity index (χ4n) is 3.85. The molecule has 1 aromatic rings. The van der Waals surface area contributed by atoms with E-state index in [1.54, 1.807) is 12.3 Å². The first-order valence-electron chi connectivity index (χ1n) is 8.12. The van der Waals surface area contributed by atoms with Crippen LogP contribution in [0, 0.1) is 5.41 Å². The molecular weight excluding hydrogens is 264 g/mol. The van der Waals surface area contributed by atoms with Crippen molar-refractivity contribution >= 4 is 5.91 Å². The van der Waals surface area contributed by atoms with Crippen LogP contribution in [0.5, 0.6) is 0 Å². The highest BCUT2D eigenvalue weighted by atomic mass is 16.2. The fraction of sp³-hybridized carbons (Fsp3) is 0.750.